The molecule has 1 aromatic carbocycles. The highest BCUT2D eigenvalue weighted by molar-refractivity contribution is 6.31. The number of fused-ring (bicyclic) bond motifs is 1. The van der Waals surface area contributed by atoms with Crippen molar-refractivity contribution in [2.24, 2.45) is 5.73 Å². The average molecular weight is 494 g/mol. The van der Waals surface area contributed by atoms with Crippen LogP contribution in [0.5, 0.6) is 0 Å². The zero-order chi connectivity index (χ0) is 24.5. The number of nitrogens with zero attached hydrogens (tertiary/aromatic N) is 4. The van der Waals surface area contributed by atoms with Gasteiger partial charge in [-0.15, -0.1) is 0 Å². The summed E-state index contributed by atoms with van der Waals surface area (Å²) in [6.07, 6.45) is 8.38. The highest BCUT2D eigenvalue weighted by Crippen LogP contribution is 2.37. The smallest absolute Gasteiger partial charge is 0.142 e. The molecule has 4 aromatic rings. The van der Waals surface area contributed by atoms with Gasteiger partial charge < -0.3 is 15.2 Å². The molecular formula is C27H26ClF2N5. The Morgan fingerprint density at radius 1 is 1.03 bits per heavy atom. The molecular weight excluding hydrogens is 468 g/mol. The Labute approximate surface area is 208 Å². The third-order valence-electron chi connectivity index (χ3n) is 6.63. The zero-order valence-electron chi connectivity index (χ0n) is 19.4. The van der Waals surface area contributed by atoms with E-state index in [2.05, 4.69) is 9.88 Å². The molecule has 2 N–H and O–H groups in total. The lowest BCUT2D eigenvalue weighted by molar-refractivity contribution is 0.580. The third kappa shape index (κ3) is 4.42. The predicted molar refractivity (Wildman–Crippen MR) is 135 cm³/mol. The number of halogens is 3. The van der Waals surface area contributed by atoms with Gasteiger partial charge in [0.2, 0.25) is 0 Å². The molecule has 0 unspecified atom stereocenters. The van der Waals surface area contributed by atoms with Crippen molar-refractivity contribution in [3.63, 3.8) is 0 Å². The van der Waals surface area contributed by atoms with Gasteiger partial charge in [-0.05, 0) is 68.1 Å². The molecule has 0 amide bonds. The standard InChI is InChI=1S/C27H26ClF2N5/c1-17-20(18-7-10-25(33-14-18)35-12-4-5-19(35)13-31)15-32-24-6-2-3-11-34(27(17)24)16-21-22(29)8-9-23(30)26(21)28/h4-5,7-10,12,14-15H,2-3,6,11,13,16,31H2,1H3. The van der Waals surface area contributed by atoms with E-state index in [1.165, 1.54) is 0 Å². The van der Waals surface area contributed by atoms with Crippen LogP contribution in [0.4, 0.5) is 14.5 Å². The fourth-order valence-electron chi connectivity index (χ4n) is 4.80. The van der Waals surface area contributed by atoms with E-state index in [4.69, 9.17) is 22.3 Å². The number of pyridine rings is 2. The monoisotopic (exact) mass is 493 g/mol. The number of aromatic nitrogens is 3. The van der Waals surface area contributed by atoms with Gasteiger partial charge in [0.05, 0.1) is 16.4 Å². The van der Waals surface area contributed by atoms with Gasteiger partial charge in [-0.1, -0.05) is 11.6 Å². The molecule has 0 saturated heterocycles. The minimum absolute atomic E-state index is 0.165. The summed E-state index contributed by atoms with van der Waals surface area (Å²) in [5, 5.41) is -0.167. The Bertz CT molecular complexity index is 1370. The summed E-state index contributed by atoms with van der Waals surface area (Å²) in [7, 11) is 0. The first-order chi connectivity index (χ1) is 17.0. The van der Waals surface area contributed by atoms with Gasteiger partial charge in [0, 0.05) is 60.6 Å². The van der Waals surface area contributed by atoms with Crippen molar-refractivity contribution in [3.8, 4) is 16.9 Å². The summed E-state index contributed by atoms with van der Waals surface area (Å²) >= 11 is 6.16. The first kappa shape index (κ1) is 23.5. The molecule has 35 heavy (non-hydrogen) atoms. The Balaban J connectivity index is 1.53. The number of nitrogens with two attached hydrogens (primary N) is 1. The highest BCUT2D eigenvalue weighted by atomic mass is 35.5. The number of aryl methyl sites for hydroxylation is 1. The van der Waals surface area contributed by atoms with E-state index < -0.39 is 11.6 Å². The lowest BCUT2D eigenvalue weighted by atomic mass is 10.00. The van der Waals surface area contributed by atoms with Gasteiger partial charge in [-0.2, -0.15) is 0 Å². The van der Waals surface area contributed by atoms with E-state index in [-0.39, 0.29) is 17.1 Å². The van der Waals surface area contributed by atoms with E-state index in [9.17, 15) is 8.78 Å². The number of hydrogen-bond donors (Lipinski definition) is 1. The molecule has 0 bridgehead atoms. The topological polar surface area (TPSA) is 60.0 Å². The molecule has 0 atom stereocenters. The average Bonchev–Trinajstić information content (AvgIpc) is 3.25. The lowest BCUT2D eigenvalue weighted by Crippen LogP contribution is -2.26. The fraction of sp³-hybridized carbons (Fsp3) is 0.259. The summed E-state index contributed by atoms with van der Waals surface area (Å²) in [6.45, 7) is 3.35. The molecule has 0 saturated carbocycles. The summed E-state index contributed by atoms with van der Waals surface area (Å²) in [5.74, 6) is -0.337. The fourth-order valence-corrected chi connectivity index (χ4v) is 5.02. The number of anilines is 1. The van der Waals surface area contributed by atoms with E-state index in [0.717, 1.165) is 71.0 Å². The third-order valence-corrected chi connectivity index (χ3v) is 7.03. The molecule has 8 heteroatoms. The van der Waals surface area contributed by atoms with Crippen molar-refractivity contribution in [1.29, 1.82) is 0 Å². The van der Waals surface area contributed by atoms with E-state index in [1.807, 2.05) is 54.3 Å². The van der Waals surface area contributed by atoms with E-state index >= 15 is 0 Å². The number of benzene rings is 1. The Kier molecular flexibility index (Phi) is 6.54. The normalized spacial score (nSPS) is 13.6. The zero-order valence-corrected chi connectivity index (χ0v) is 20.2. The minimum atomic E-state index is -0.617. The lowest BCUT2D eigenvalue weighted by Gasteiger charge is -2.28. The van der Waals surface area contributed by atoms with Crippen molar-refractivity contribution in [3.05, 3.63) is 94.2 Å². The van der Waals surface area contributed by atoms with Gasteiger partial charge in [0.25, 0.3) is 0 Å². The molecule has 5 rings (SSSR count). The summed E-state index contributed by atoms with van der Waals surface area (Å²) in [6, 6.07) is 10.1. The van der Waals surface area contributed by atoms with Crippen LogP contribution < -0.4 is 10.6 Å². The Morgan fingerprint density at radius 3 is 2.63 bits per heavy atom. The van der Waals surface area contributed by atoms with Gasteiger partial charge in [-0.3, -0.25) is 4.98 Å². The quantitative estimate of drug-likeness (QED) is 0.348. The first-order valence-corrected chi connectivity index (χ1v) is 12.0. The maximum atomic E-state index is 14.6. The molecule has 5 nitrogen and oxygen atoms in total. The number of hydrogen-bond acceptors (Lipinski definition) is 4. The molecule has 0 radical (unpaired) electrons. The van der Waals surface area contributed by atoms with Crippen LogP contribution in [-0.4, -0.2) is 21.1 Å². The van der Waals surface area contributed by atoms with Crippen LogP contribution in [0.25, 0.3) is 16.9 Å². The predicted octanol–water partition coefficient (Wildman–Crippen LogP) is 5.98. The van der Waals surface area contributed by atoms with Gasteiger partial charge in [0.1, 0.15) is 17.5 Å². The highest BCUT2D eigenvalue weighted by Gasteiger charge is 2.24. The van der Waals surface area contributed by atoms with Gasteiger partial charge in [0.15, 0.2) is 0 Å². The molecule has 1 aliphatic heterocycles. The van der Waals surface area contributed by atoms with Crippen LogP contribution in [0, 0.1) is 18.6 Å². The van der Waals surface area contributed by atoms with Crippen molar-refractivity contribution < 1.29 is 8.78 Å². The molecule has 180 valence electrons. The second-order valence-electron chi connectivity index (χ2n) is 8.77. The molecule has 0 fully saturated rings. The SMILES string of the molecule is Cc1c(-c2ccc(-n3cccc3CN)nc2)cnc2c1N(Cc1c(F)ccc(F)c1Cl)CCCC2. The largest absolute Gasteiger partial charge is 0.365 e. The van der Waals surface area contributed by atoms with Crippen LogP contribution in [0.1, 0.15) is 35.4 Å². The summed E-state index contributed by atoms with van der Waals surface area (Å²) in [5.41, 5.74) is 11.8. The molecule has 0 aliphatic carbocycles. The molecule has 3 aromatic heterocycles. The maximum Gasteiger partial charge on any atom is 0.142 e. The van der Waals surface area contributed by atoms with Crippen molar-refractivity contribution >= 4 is 17.3 Å². The summed E-state index contributed by atoms with van der Waals surface area (Å²) < 4.78 is 30.7. The van der Waals surface area contributed by atoms with Crippen LogP contribution in [0.15, 0.2) is 55.0 Å². The molecule has 0 spiro atoms. The van der Waals surface area contributed by atoms with Crippen LogP contribution in [0.2, 0.25) is 5.02 Å². The second kappa shape index (κ2) is 9.76. The number of rotatable bonds is 5. The van der Waals surface area contributed by atoms with Crippen LogP contribution in [0.3, 0.4) is 0 Å². The van der Waals surface area contributed by atoms with Crippen LogP contribution in [-0.2, 0) is 19.5 Å². The van der Waals surface area contributed by atoms with Gasteiger partial charge in [-0.25, -0.2) is 13.8 Å². The van der Waals surface area contributed by atoms with E-state index in [1.54, 1.807) is 0 Å². The summed E-state index contributed by atoms with van der Waals surface area (Å²) in [4.78, 5) is 11.5. The van der Waals surface area contributed by atoms with Gasteiger partial charge >= 0.3 is 0 Å². The second-order valence-corrected chi connectivity index (χ2v) is 9.15. The van der Waals surface area contributed by atoms with Crippen molar-refractivity contribution in [2.75, 3.05) is 11.4 Å². The van der Waals surface area contributed by atoms with Crippen molar-refractivity contribution in [1.82, 2.24) is 14.5 Å². The Hall–Kier alpha value is -3.29. The molecule has 4 heterocycles. The van der Waals surface area contributed by atoms with E-state index in [0.29, 0.717) is 13.1 Å². The van der Waals surface area contributed by atoms with Crippen molar-refractivity contribution in [2.45, 2.75) is 39.3 Å². The Morgan fingerprint density at radius 2 is 1.86 bits per heavy atom. The first-order valence-electron chi connectivity index (χ1n) is 11.7. The minimum Gasteiger partial charge on any atom is -0.365 e. The maximum absolute atomic E-state index is 14.6. The van der Waals surface area contributed by atoms with Crippen LogP contribution >= 0.6 is 11.6 Å². The molecule has 1 aliphatic rings.